The molecule has 2 aliphatic heterocycles. The highest BCUT2D eigenvalue weighted by molar-refractivity contribution is 5.86. The molecule has 0 spiro atoms. The van der Waals surface area contributed by atoms with Crippen LogP contribution < -0.4 is 10.2 Å². The van der Waals surface area contributed by atoms with Gasteiger partial charge >= 0.3 is 0 Å². The molecule has 168 valence electrons. The Morgan fingerprint density at radius 1 is 1.06 bits per heavy atom. The molecule has 0 radical (unpaired) electrons. The largest absolute Gasteiger partial charge is 0.507 e. The van der Waals surface area contributed by atoms with Crippen LogP contribution >= 0.6 is 0 Å². The number of hydrogen-bond acceptors (Lipinski definition) is 7. The Labute approximate surface area is 192 Å². The van der Waals surface area contributed by atoms with Crippen LogP contribution in [-0.2, 0) is 6.42 Å². The van der Waals surface area contributed by atoms with E-state index in [1.807, 2.05) is 30.6 Å². The lowest BCUT2D eigenvalue weighted by atomic mass is 9.92. The lowest BCUT2D eigenvalue weighted by molar-refractivity contribution is 0.458. The van der Waals surface area contributed by atoms with E-state index in [0.29, 0.717) is 17.2 Å². The van der Waals surface area contributed by atoms with Gasteiger partial charge < -0.3 is 20.3 Å². The molecule has 33 heavy (non-hydrogen) atoms. The lowest BCUT2D eigenvalue weighted by Crippen LogP contribution is -2.35. The average Bonchev–Trinajstić information content (AvgIpc) is 3.24. The number of aromatic amines is 1. The van der Waals surface area contributed by atoms with Gasteiger partial charge in [0, 0.05) is 47.6 Å². The van der Waals surface area contributed by atoms with Crippen molar-refractivity contribution < 1.29 is 5.11 Å². The highest BCUT2D eigenvalue weighted by atomic mass is 16.3. The number of benzene rings is 1. The Hall–Kier alpha value is -3.52. The third-order valence-electron chi connectivity index (χ3n) is 7.07. The van der Waals surface area contributed by atoms with Gasteiger partial charge in [0.1, 0.15) is 5.75 Å². The summed E-state index contributed by atoms with van der Waals surface area (Å²) in [6, 6.07) is 9.34. The van der Waals surface area contributed by atoms with Gasteiger partial charge in [-0.15, -0.1) is 10.2 Å². The molecule has 3 aromatic heterocycles. The second kappa shape index (κ2) is 8.12. The number of aromatic nitrogens is 5. The molecule has 0 bridgehead atoms. The number of rotatable bonds is 3. The van der Waals surface area contributed by atoms with Gasteiger partial charge in [-0.2, -0.15) is 0 Å². The van der Waals surface area contributed by atoms with Crippen LogP contribution in [0.15, 0.2) is 42.7 Å². The molecule has 6 rings (SSSR count). The van der Waals surface area contributed by atoms with Gasteiger partial charge in [-0.1, -0.05) is 12.1 Å². The molecule has 1 atom stereocenters. The van der Waals surface area contributed by atoms with Gasteiger partial charge in [0.05, 0.1) is 11.7 Å². The third-order valence-corrected chi connectivity index (χ3v) is 7.07. The zero-order chi connectivity index (χ0) is 22.4. The van der Waals surface area contributed by atoms with Crippen molar-refractivity contribution >= 4 is 17.0 Å². The van der Waals surface area contributed by atoms with Crippen molar-refractivity contribution in [2.75, 3.05) is 24.5 Å². The summed E-state index contributed by atoms with van der Waals surface area (Å²) >= 11 is 0. The number of hydrogen-bond donors (Lipinski definition) is 3. The monoisotopic (exact) mass is 441 g/mol. The first-order valence-electron chi connectivity index (χ1n) is 11.6. The van der Waals surface area contributed by atoms with Gasteiger partial charge in [-0.25, -0.2) is 9.97 Å². The molecule has 1 saturated heterocycles. The molecule has 4 aromatic rings. The summed E-state index contributed by atoms with van der Waals surface area (Å²) in [5, 5.41) is 23.5. The summed E-state index contributed by atoms with van der Waals surface area (Å²) in [6.07, 6.45) is 7.17. The highest BCUT2D eigenvalue weighted by Crippen LogP contribution is 2.38. The van der Waals surface area contributed by atoms with Crippen molar-refractivity contribution in [1.29, 1.82) is 0 Å². The number of H-pyrrole nitrogens is 1. The molecule has 8 nitrogen and oxygen atoms in total. The number of anilines is 1. The maximum atomic E-state index is 10.3. The fourth-order valence-electron chi connectivity index (χ4n) is 5.26. The molecule has 1 unspecified atom stereocenters. The van der Waals surface area contributed by atoms with E-state index in [9.17, 15) is 5.11 Å². The number of nitrogens with zero attached hydrogens (tertiary/aromatic N) is 5. The SMILES string of the molecule is CC1c2c([nH]c3nnc(-c4ccccc4O)cc23)CCN1c1ncc(C2CCNCC2)cn1. The van der Waals surface area contributed by atoms with Crippen molar-refractivity contribution in [2.24, 2.45) is 0 Å². The summed E-state index contributed by atoms with van der Waals surface area (Å²) in [5.41, 5.74) is 5.74. The maximum Gasteiger partial charge on any atom is 0.225 e. The first kappa shape index (κ1) is 20.1. The minimum Gasteiger partial charge on any atom is -0.507 e. The summed E-state index contributed by atoms with van der Waals surface area (Å²) in [4.78, 5) is 15.3. The minimum absolute atomic E-state index is 0.0913. The number of phenols is 1. The van der Waals surface area contributed by atoms with E-state index in [2.05, 4.69) is 32.3 Å². The van der Waals surface area contributed by atoms with Gasteiger partial charge in [0.2, 0.25) is 5.95 Å². The van der Waals surface area contributed by atoms with Crippen molar-refractivity contribution in [3.8, 4) is 17.0 Å². The molecule has 0 amide bonds. The van der Waals surface area contributed by atoms with Crippen LogP contribution in [-0.4, -0.2) is 49.9 Å². The topological polar surface area (TPSA) is 103 Å². The van der Waals surface area contributed by atoms with Gasteiger partial charge in [0.25, 0.3) is 0 Å². The molecule has 1 aromatic carbocycles. The Balaban J connectivity index is 1.33. The second-order valence-electron chi connectivity index (χ2n) is 8.99. The number of para-hydroxylation sites is 1. The molecule has 0 saturated carbocycles. The Kier molecular flexibility index (Phi) is 4.95. The van der Waals surface area contributed by atoms with E-state index < -0.39 is 0 Å². The van der Waals surface area contributed by atoms with Crippen LogP contribution in [0.5, 0.6) is 5.75 Å². The standard InChI is InChI=1S/C25H27N7O/c1-15-23-19-12-21(18-4-2-3-5-22(18)33)30-31-24(19)29-20(23)8-11-32(15)25-27-13-17(14-28-25)16-6-9-26-10-7-16/h2-5,12-16,26,33H,6-11H2,1H3,(H,29,31). The lowest BCUT2D eigenvalue weighted by Gasteiger charge is -2.34. The Bertz CT molecular complexity index is 1290. The predicted molar refractivity (Wildman–Crippen MR) is 127 cm³/mol. The van der Waals surface area contributed by atoms with Gasteiger partial charge in [0.15, 0.2) is 5.65 Å². The van der Waals surface area contributed by atoms with Crippen LogP contribution in [0.25, 0.3) is 22.3 Å². The maximum absolute atomic E-state index is 10.3. The van der Waals surface area contributed by atoms with Gasteiger partial charge in [-0.3, -0.25) is 0 Å². The number of nitrogens with one attached hydrogen (secondary N) is 2. The number of phenolic OH excluding ortho intramolecular Hbond substituents is 1. The molecular formula is C25H27N7O. The van der Waals surface area contributed by atoms with Crippen LogP contribution in [0.3, 0.4) is 0 Å². The molecule has 0 aliphatic carbocycles. The number of fused-ring (bicyclic) bond motifs is 3. The summed E-state index contributed by atoms with van der Waals surface area (Å²) in [5.74, 6) is 1.52. The fraction of sp³-hybridized carbons (Fsp3) is 0.360. The van der Waals surface area contributed by atoms with E-state index in [4.69, 9.17) is 9.97 Å². The zero-order valence-corrected chi connectivity index (χ0v) is 18.6. The van der Waals surface area contributed by atoms with Crippen LogP contribution in [0.1, 0.15) is 48.5 Å². The molecule has 8 heteroatoms. The number of aromatic hydroxyl groups is 1. The molecule has 2 aliphatic rings. The van der Waals surface area contributed by atoms with E-state index >= 15 is 0 Å². The third kappa shape index (κ3) is 3.51. The van der Waals surface area contributed by atoms with Gasteiger partial charge in [-0.05, 0) is 62.5 Å². The van der Waals surface area contributed by atoms with Crippen molar-refractivity contribution in [1.82, 2.24) is 30.5 Å². The summed E-state index contributed by atoms with van der Waals surface area (Å²) in [7, 11) is 0. The second-order valence-corrected chi connectivity index (χ2v) is 8.99. The van der Waals surface area contributed by atoms with E-state index in [1.54, 1.807) is 12.1 Å². The Morgan fingerprint density at radius 3 is 2.64 bits per heavy atom. The molecular weight excluding hydrogens is 414 g/mol. The van der Waals surface area contributed by atoms with Crippen molar-refractivity contribution in [2.45, 2.75) is 38.1 Å². The van der Waals surface area contributed by atoms with Crippen LogP contribution in [0.2, 0.25) is 0 Å². The number of piperidine rings is 1. The van der Waals surface area contributed by atoms with Crippen molar-refractivity contribution in [3.63, 3.8) is 0 Å². The first-order chi connectivity index (χ1) is 16.2. The minimum atomic E-state index is 0.0913. The van der Waals surface area contributed by atoms with Crippen molar-refractivity contribution in [3.05, 3.63) is 59.5 Å². The fourth-order valence-corrected chi connectivity index (χ4v) is 5.26. The molecule has 5 heterocycles. The summed E-state index contributed by atoms with van der Waals surface area (Å²) < 4.78 is 0. The summed E-state index contributed by atoms with van der Waals surface area (Å²) in [6.45, 7) is 5.15. The Morgan fingerprint density at radius 2 is 1.85 bits per heavy atom. The smallest absolute Gasteiger partial charge is 0.225 e. The van der Waals surface area contributed by atoms with E-state index in [0.717, 1.165) is 55.9 Å². The first-order valence-corrected chi connectivity index (χ1v) is 11.6. The predicted octanol–water partition coefficient (Wildman–Crippen LogP) is 3.71. The van der Waals surface area contributed by atoms with E-state index in [-0.39, 0.29) is 11.8 Å². The zero-order valence-electron chi connectivity index (χ0n) is 18.6. The van der Waals surface area contributed by atoms with Crippen LogP contribution in [0, 0.1) is 0 Å². The quantitative estimate of drug-likeness (QED) is 0.445. The molecule has 1 fully saturated rings. The highest BCUT2D eigenvalue weighted by Gasteiger charge is 2.30. The normalized spacial score (nSPS) is 19.1. The van der Waals surface area contributed by atoms with E-state index in [1.165, 1.54) is 16.8 Å². The van der Waals surface area contributed by atoms with Crippen LogP contribution in [0.4, 0.5) is 5.95 Å². The average molecular weight is 442 g/mol. The molecule has 3 N–H and O–H groups in total.